The molecule has 1 saturated heterocycles. The van der Waals surface area contributed by atoms with Crippen LogP contribution in [0.15, 0.2) is 58.3 Å². The number of aryl methyl sites for hydroxylation is 1. The van der Waals surface area contributed by atoms with Gasteiger partial charge in [0.05, 0.1) is 11.5 Å². The fraction of sp³-hybridized carbons (Fsp3) is 0.250. The van der Waals surface area contributed by atoms with Gasteiger partial charge in [-0.15, -0.1) is 0 Å². The topological polar surface area (TPSA) is 55.9 Å². The Bertz CT molecular complexity index is 734. The molecule has 5 heteroatoms. The number of ether oxygens (including phenoxy) is 2. The van der Waals surface area contributed by atoms with Gasteiger partial charge in [-0.25, -0.2) is 8.42 Å². The number of sulfone groups is 1. The highest BCUT2D eigenvalue weighted by Gasteiger charge is 2.27. The van der Waals surface area contributed by atoms with Crippen molar-refractivity contribution in [2.75, 3.05) is 13.2 Å². The standard InChI is InChI=1S/C16H16O4S/c1-12-6-5-9-15(20-11-13-10-19-13)16(12)21(17,18)14-7-3-2-4-8-14/h2-9,13H,10-11H2,1H3. The molecule has 3 rings (SSSR count). The molecule has 0 saturated carbocycles. The monoisotopic (exact) mass is 304 g/mol. The first kappa shape index (κ1) is 14.1. The van der Waals surface area contributed by atoms with E-state index in [-0.39, 0.29) is 15.9 Å². The van der Waals surface area contributed by atoms with Gasteiger partial charge in [0.15, 0.2) is 0 Å². The van der Waals surface area contributed by atoms with Crippen molar-refractivity contribution in [2.24, 2.45) is 0 Å². The Morgan fingerprint density at radius 3 is 2.52 bits per heavy atom. The van der Waals surface area contributed by atoms with Crippen LogP contribution < -0.4 is 4.74 Å². The van der Waals surface area contributed by atoms with Gasteiger partial charge in [0.25, 0.3) is 0 Å². The first-order valence-electron chi connectivity index (χ1n) is 6.73. The summed E-state index contributed by atoms with van der Waals surface area (Å²) in [5.41, 5.74) is 0.674. The molecule has 0 bridgehead atoms. The maximum absolute atomic E-state index is 12.8. The Labute approximate surface area is 124 Å². The zero-order valence-corrected chi connectivity index (χ0v) is 12.5. The molecule has 1 aliphatic rings. The molecule has 1 aliphatic heterocycles. The molecular weight excluding hydrogens is 288 g/mol. The maximum Gasteiger partial charge on any atom is 0.210 e. The summed E-state index contributed by atoms with van der Waals surface area (Å²) < 4.78 is 36.4. The fourth-order valence-electron chi connectivity index (χ4n) is 2.15. The van der Waals surface area contributed by atoms with Gasteiger partial charge in [0, 0.05) is 0 Å². The van der Waals surface area contributed by atoms with E-state index in [0.29, 0.717) is 24.5 Å². The van der Waals surface area contributed by atoms with Crippen LogP contribution in [0.4, 0.5) is 0 Å². The van der Waals surface area contributed by atoms with E-state index in [2.05, 4.69) is 0 Å². The zero-order chi connectivity index (χ0) is 14.9. The lowest BCUT2D eigenvalue weighted by Crippen LogP contribution is -2.10. The molecule has 4 nitrogen and oxygen atoms in total. The Kier molecular flexibility index (Phi) is 3.69. The molecule has 2 aromatic carbocycles. The van der Waals surface area contributed by atoms with E-state index in [4.69, 9.17) is 9.47 Å². The minimum atomic E-state index is -3.59. The molecule has 1 heterocycles. The second-order valence-corrected chi connectivity index (χ2v) is 6.87. The average molecular weight is 304 g/mol. The molecule has 1 fully saturated rings. The Morgan fingerprint density at radius 1 is 1.14 bits per heavy atom. The molecule has 0 radical (unpaired) electrons. The van der Waals surface area contributed by atoms with Gasteiger partial charge in [-0.1, -0.05) is 30.3 Å². The average Bonchev–Trinajstić information content (AvgIpc) is 3.30. The van der Waals surface area contributed by atoms with E-state index in [1.807, 2.05) is 0 Å². The van der Waals surface area contributed by atoms with Crippen molar-refractivity contribution in [2.45, 2.75) is 22.8 Å². The zero-order valence-electron chi connectivity index (χ0n) is 11.7. The van der Waals surface area contributed by atoms with Crippen molar-refractivity contribution < 1.29 is 17.9 Å². The van der Waals surface area contributed by atoms with Gasteiger partial charge in [-0.05, 0) is 30.7 Å². The molecule has 1 unspecified atom stereocenters. The van der Waals surface area contributed by atoms with Crippen molar-refractivity contribution in [3.05, 3.63) is 54.1 Å². The van der Waals surface area contributed by atoms with E-state index in [0.717, 1.165) is 0 Å². The summed E-state index contributed by atoms with van der Waals surface area (Å²) in [5.74, 6) is 0.384. The van der Waals surface area contributed by atoms with Crippen molar-refractivity contribution in [3.63, 3.8) is 0 Å². The van der Waals surface area contributed by atoms with Gasteiger partial charge in [0.1, 0.15) is 23.4 Å². The smallest absolute Gasteiger partial charge is 0.210 e. The van der Waals surface area contributed by atoms with Crippen LogP contribution in [0.3, 0.4) is 0 Å². The molecular formula is C16H16O4S. The van der Waals surface area contributed by atoms with Crippen LogP contribution >= 0.6 is 0 Å². The van der Waals surface area contributed by atoms with Gasteiger partial charge >= 0.3 is 0 Å². The van der Waals surface area contributed by atoms with Crippen LogP contribution in [-0.4, -0.2) is 27.7 Å². The van der Waals surface area contributed by atoms with Crippen LogP contribution in [0.5, 0.6) is 5.75 Å². The van der Waals surface area contributed by atoms with Crippen LogP contribution in [0.25, 0.3) is 0 Å². The number of benzene rings is 2. The predicted molar refractivity (Wildman–Crippen MR) is 78.3 cm³/mol. The van der Waals surface area contributed by atoms with Crippen molar-refractivity contribution in [1.82, 2.24) is 0 Å². The molecule has 0 N–H and O–H groups in total. The highest BCUT2D eigenvalue weighted by atomic mass is 32.2. The second kappa shape index (κ2) is 5.50. The predicted octanol–water partition coefficient (Wildman–Crippen LogP) is 2.61. The lowest BCUT2D eigenvalue weighted by Gasteiger charge is -2.14. The molecule has 2 aromatic rings. The minimum Gasteiger partial charge on any atom is -0.489 e. The lowest BCUT2D eigenvalue weighted by molar-refractivity contribution is 0.257. The van der Waals surface area contributed by atoms with Crippen LogP contribution in [0, 0.1) is 6.92 Å². The number of epoxide rings is 1. The second-order valence-electron chi connectivity index (χ2n) is 4.99. The normalized spacial score (nSPS) is 17.5. The highest BCUT2D eigenvalue weighted by molar-refractivity contribution is 7.91. The van der Waals surface area contributed by atoms with Gasteiger partial charge in [0.2, 0.25) is 9.84 Å². The summed E-state index contributed by atoms with van der Waals surface area (Å²) >= 11 is 0. The van der Waals surface area contributed by atoms with E-state index >= 15 is 0 Å². The molecule has 0 amide bonds. The van der Waals surface area contributed by atoms with E-state index < -0.39 is 9.84 Å². The first-order chi connectivity index (χ1) is 10.1. The third-order valence-electron chi connectivity index (χ3n) is 3.33. The summed E-state index contributed by atoms with van der Waals surface area (Å²) in [6.45, 7) is 2.82. The van der Waals surface area contributed by atoms with Crippen molar-refractivity contribution in [3.8, 4) is 5.75 Å². The minimum absolute atomic E-state index is 0.0813. The molecule has 110 valence electrons. The first-order valence-corrected chi connectivity index (χ1v) is 8.21. The lowest BCUT2D eigenvalue weighted by atomic mass is 10.2. The Morgan fingerprint density at radius 2 is 1.86 bits per heavy atom. The van der Waals surface area contributed by atoms with Crippen molar-refractivity contribution >= 4 is 9.84 Å². The quantitative estimate of drug-likeness (QED) is 0.797. The summed E-state index contributed by atoms with van der Waals surface area (Å²) in [7, 11) is -3.59. The molecule has 21 heavy (non-hydrogen) atoms. The Balaban J connectivity index is 2.03. The maximum atomic E-state index is 12.8. The Hall–Kier alpha value is -1.85. The fourth-order valence-corrected chi connectivity index (χ4v) is 3.78. The number of rotatable bonds is 5. The number of hydrogen-bond donors (Lipinski definition) is 0. The van der Waals surface area contributed by atoms with Crippen LogP contribution in [0.1, 0.15) is 5.56 Å². The molecule has 1 atom stereocenters. The SMILES string of the molecule is Cc1cccc(OCC2CO2)c1S(=O)(=O)c1ccccc1. The van der Waals surface area contributed by atoms with Crippen LogP contribution in [0.2, 0.25) is 0 Å². The van der Waals surface area contributed by atoms with E-state index in [1.165, 1.54) is 0 Å². The number of hydrogen-bond acceptors (Lipinski definition) is 4. The summed E-state index contributed by atoms with van der Waals surface area (Å²) in [5, 5.41) is 0. The summed E-state index contributed by atoms with van der Waals surface area (Å²) in [6.07, 6.45) is 0.0813. The molecule has 0 aromatic heterocycles. The van der Waals surface area contributed by atoms with E-state index in [9.17, 15) is 8.42 Å². The van der Waals surface area contributed by atoms with Gasteiger partial charge in [-0.3, -0.25) is 0 Å². The summed E-state index contributed by atoms with van der Waals surface area (Å²) in [4.78, 5) is 0.503. The largest absolute Gasteiger partial charge is 0.489 e. The van der Waals surface area contributed by atoms with Crippen LogP contribution in [-0.2, 0) is 14.6 Å². The van der Waals surface area contributed by atoms with Gasteiger partial charge < -0.3 is 9.47 Å². The highest BCUT2D eigenvalue weighted by Crippen LogP contribution is 2.32. The summed E-state index contributed by atoms with van der Waals surface area (Å²) in [6, 6.07) is 13.7. The van der Waals surface area contributed by atoms with Crippen molar-refractivity contribution in [1.29, 1.82) is 0 Å². The third kappa shape index (κ3) is 2.94. The van der Waals surface area contributed by atoms with Gasteiger partial charge in [-0.2, -0.15) is 0 Å². The third-order valence-corrected chi connectivity index (χ3v) is 5.28. The van der Waals surface area contributed by atoms with E-state index in [1.54, 1.807) is 55.5 Å². The molecule has 0 spiro atoms. The molecule has 0 aliphatic carbocycles.